The number of hydrogen-bond acceptors (Lipinski definition) is 4. The van der Waals surface area contributed by atoms with Gasteiger partial charge in [-0.3, -0.25) is 0 Å². The summed E-state index contributed by atoms with van der Waals surface area (Å²) in [5.41, 5.74) is 2.66. The molecule has 1 unspecified atom stereocenters. The number of hydrogen-bond donors (Lipinski definition) is 2. The molecule has 222 valence electrons. The van der Waals surface area contributed by atoms with Crippen LogP contribution in [0.25, 0.3) is 0 Å². The average Bonchev–Trinajstić information content (AvgIpc) is 2.77. The first-order valence-corrected chi connectivity index (χ1v) is 14.1. The average molecular weight is 555 g/mol. The minimum atomic E-state index is -1.04. The van der Waals surface area contributed by atoms with Gasteiger partial charge in [-0.1, -0.05) is 101 Å². The van der Waals surface area contributed by atoms with Crippen LogP contribution in [0.15, 0.2) is 30.3 Å². The van der Waals surface area contributed by atoms with Crippen molar-refractivity contribution in [2.45, 2.75) is 124 Å². The summed E-state index contributed by atoms with van der Waals surface area (Å²) in [6, 6.07) is 9.40. The van der Waals surface area contributed by atoms with Crippen LogP contribution in [-0.2, 0) is 26.5 Å². The maximum absolute atomic E-state index is 12.3. The molecule has 0 fully saturated rings. The Hall–Kier alpha value is -3.02. The highest BCUT2D eigenvalue weighted by Crippen LogP contribution is 2.42. The summed E-state index contributed by atoms with van der Waals surface area (Å²) in [4.78, 5) is 24.2. The second kappa shape index (κ2) is 11.8. The fourth-order valence-electron chi connectivity index (χ4n) is 4.69. The van der Waals surface area contributed by atoms with Crippen LogP contribution in [0, 0.1) is 0 Å². The summed E-state index contributed by atoms with van der Waals surface area (Å²) in [5.74, 6) is -0.676. The minimum Gasteiger partial charge on any atom is -0.493 e. The first-order valence-electron chi connectivity index (χ1n) is 14.1. The lowest BCUT2D eigenvalue weighted by Crippen LogP contribution is -2.30. The van der Waals surface area contributed by atoms with Crippen molar-refractivity contribution >= 4 is 11.9 Å². The SMILES string of the molecule is CC(C)(C)c1cc(C(=O)O)cc(C(C)(C)C)c1OCCCC(Oc1c(C(C)(C)C)cccc1C(C)(C)C)C(=O)O. The second-order valence-electron chi connectivity index (χ2n) is 14.8. The maximum Gasteiger partial charge on any atom is 0.344 e. The van der Waals surface area contributed by atoms with Crippen LogP contribution >= 0.6 is 0 Å². The van der Waals surface area contributed by atoms with Crippen molar-refractivity contribution in [3.63, 3.8) is 0 Å². The number of rotatable bonds is 9. The van der Waals surface area contributed by atoms with Gasteiger partial charge in [0, 0.05) is 11.1 Å². The molecule has 0 aliphatic rings. The zero-order valence-corrected chi connectivity index (χ0v) is 26.6. The van der Waals surface area contributed by atoms with Crippen molar-refractivity contribution in [2.75, 3.05) is 6.61 Å². The van der Waals surface area contributed by atoms with Crippen molar-refractivity contribution in [1.82, 2.24) is 0 Å². The standard InChI is InChI=1S/C34H50O6/c1-31(2,3)22-15-13-16-23(32(4,5)6)28(22)40-26(30(37)38)17-14-18-39-27-24(33(7,8)9)19-21(29(35)36)20-25(27)34(10,11)12/h13,15-16,19-20,26H,14,17-18H2,1-12H3,(H,35,36)(H,37,38). The molecule has 0 bridgehead atoms. The number of carboxylic acids is 2. The number of carboxylic acid groups (broad SMARTS) is 2. The van der Waals surface area contributed by atoms with Crippen molar-refractivity contribution in [3.8, 4) is 11.5 Å². The molecule has 0 saturated carbocycles. The molecule has 0 radical (unpaired) electrons. The number of ether oxygens (including phenoxy) is 2. The monoisotopic (exact) mass is 554 g/mol. The number of carbonyl (C=O) groups is 2. The van der Waals surface area contributed by atoms with Gasteiger partial charge in [-0.05, 0) is 57.8 Å². The number of aliphatic carboxylic acids is 1. The zero-order valence-electron chi connectivity index (χ0n) is 26.6. The van der Waals surface area contributed by atoms with Gasteiger partial charge >= 0.3 is 11.9 Å². The summed E-state index contributed by atoms with van der Waals surface area (Å²) in [6.45, 7) is 25.0. The Morgan fingerprint density at radius 1 is 0.700 bits per heavy atom. The van der Waals surface area contributed by atoms with Crippen molar-refractivity contribution < 1.29 is 29.3 Å². The molecule has 0 heterocycles. The Balaban J connectivity index is 2.37. The molecule has 0 aromatic heterocycles. The number of aromatic carboxylic acids is 1. The molecule has 2 aromatic carbocycles. The first kappa shape index (κ1) is 33.2. The summed E-state index contributed by atoms with van der Waals surface area (Å²) in [7, 11) is 0. The Labute approximate surface area is 241 Å². The zero-order chi connectivity index (χ0) is 30.8. The molecular formula is C34H50O6. The maximum atomic E-state index is 12.3. The number of benzene rings is 2. The Bertz CT molecular complexity index is 1150. The molecule has 6 heteroatoms. The quantitative estimate of drug-likeness (QED) is 0.303. The third kappa shape index (κ3) is 8.25. The first-order chi connectivity index (χ1) is 18.0. The Morgan fingerprint density at radius 3 is 1.48 bits per heavy atom. The van der Waals surface area contributed by atoms with Crippen LogP contribution < -0.4 is 9.47 Å². The van der Waals surface area contributed by atoms with E-state index in [0.29, 0.717) is 17.9 Å². The van der Waals surface area contributed by atoms with E-state index in [0.717, 1.165) is 22.3 Å². The van der Waals surface area contributed by atoms with E-state index in [1.165, 1.54) is 0 Å². The molecule has 2 N–H and O–H groups in total. The Morgan fingerprint density at radius 2 is 1.12 bits per heavy atom. The third-order valence-electron chi connectivity index (χ3n) is 6.98. The van der Waals surface area contributed by atoms with Crippen molar-refractivity contribution in [2.24, 2.45) is 0 Å². The molecule has 0 aliphatic carbocycles. The van der Waals surface area contributed by atoms with E-state index in [1.807, 2.05) is 59.7 Å². The second-order valence-corrected chi connectivity index (χ2v) is 14.8. The minimum absolute atomic E-state index is 0.225. The van der Waals surface area contributed by atoms with E-state index in [9.17, 15) is 19.8 Å². The number of para-hydroxylation sites is 1. The summed E-state index contributed by atoms with van der Waals surface area (Å²) in [6.07, 6.45) is -0.319. The molecule has 0 saturated heterocycles. The van der Waals surface area contributed by atoms with E-state index in [4.69, 9.17) is 9.47 Å². The van der Waals surface area contributed by atoms with Gasteiger partial charge in [0.05, 0.1) is 12.2 Å². The van der Waals surface area contributed by atoms with E-state index in [1.54, 1.807) is 12.1 Å². The fraction of sp³-hybridized carbons (Fsp3) is 0.588. The van der Waals surface area contributed by atoms with Crippen LogP contribution in [0.4, 0.5) is 0 Å². The van der Waals surface area contributed by atoms with Gasteiger partial charge in [0.15, 0.2) is 6.10 Å². The molecule has 1 atom stereocenters. The molecule has 0 aliphatic heterocycles. The van der Waals surface area contributed by atoms with E-state index in [2.05, 4.69) is 41.5 Å². The van der Waals surface area contributed by atoms with Crippen LogP contribution in [0.3, 0.4) is 0 Å². The lowest BCUT2D eigenvalue weighted by Gasteiger charge is -2.31. The van der Waals surface area contributed by atoms with Crippen LogP contribution in [0.1, 0.15) is 129 Å². The highest BCUT2D eigenvalue weighted by molar-refractivity contribution is 5.89. The van der Waals surface area contributed by atoms with E-state index in [-0.39, 0.29) is 40.3 Å². The summed E-state index contributed by atoms with van der Waals surface area (Å²) in [5, 5.41) is 19.8. The third-order valence-corrected chi connectivity index (χ3v) is 6.98. The lowest BCUT2D eigenvalue weighted by molar-refractivity contribution is -0.145. The van der Waals surface area contributed by atoms with Gasteiger partial charge in [-0.2, -0.15) is 0 Å². The molecule has 2 aromatic rings. The highest BCUT2D eigenvalue weighted by Gasteiger charge is 2.31. The molecule has 6 nitrogen and oxygen atoms in total. The van der Waals surface area contributed by atoms with Crippen LogP contribution in [0.5, 0.6) is 11.5 Å². The van der Waals surface area contributed by atoms with E-state index < -0.39 is 18.0 Å². The van der Waals surface area contributed by atoms with Crippen LogP contribution in [-0.4, -0.2) is 34.9 Å². The van der Waals surface area contributed by atoms with E-state index >= 15 is 0 Å². The topological polar surface area (TPSA) is 93.1 Å². The summed E-state index contributed by atoms with van der Waals surface area (Å²) < 4.78 is 12.7. The van der Waals surface area contributed by atoms with Crippen molar-refractivity contribution in [1.29, 1.82) is 0 Å². The predicted molar refractivity (Wildman–Crippen MR) is 161 cm³/mol. The van der Waals surface area contributed by atoms with Crippen LogP contribution in [0.2, 0.25) is 0 Å². The fourth-order valence-corrected chi connectivity index (χ4v) is 4.69. The summed E-state index contributed by atoms with van der Waals surface area (Å²) >= 11 is 0. The largest absolute Gasteiger partial charge is 0.493 e. The van der Waals surface area contributed by atoms with Gasteiger partial charge < -0.3 is 19.7 Å². The molecule has 0 amide bonds. The van der Waals surface area contributed by atoms with Crippen molar-refractivity contribution in [3.05, 3.63) is 58.1 Å². The smallest absolute Gasteiger partial charge is 0.344 e. The van der Waals surface area contributed by atoms with Gasteiger partial charge in [0.25, 0.3) is 0 Å². The molecule has 40 heavy (non-hydrogen) atoms. The molecular weight excluding hydrogens is 504 g/mol. The van der Waals surface area contributed by atoms with Gasteiger partial charge in [-0.25, -0.2) is 9.59 Å². The van der Waals surface area contributed by atoms with Gasteiger partial charge in [0.2, 0.25) is 0 Å². The lowest BCUT2D eigenvalue weighted by atomic mass is 9.78. The molecule has 2 rings (SSSR count). The Kier molecular flexibility index (Phi) is 9.82. The van der Waals surface area contributed by atoms with Gasteiger partial charge in [0.1, 0.15) is 11.5 Å². The predicted octanol–water partition coefficient (Wildman–Crippen LogP) is 8.27. The highest BCUT2D eigenvalue weighted by atomic mass is 16.5. The normalized spacial score (nSPS) is 13.6. The molecule has 0 spiro atoms. The van der Waals surface area contributed by atoms with Gasteiger partial charge in [-0.15, -0.1) is 0 Å².